The first-order valence-corrected chi connectivity index (χ1v) is 7.89. The molecule has 7 heteroatoms. The predicted molar refractivity (Wildman–Crippen MR) is 93.7 cm³/mol. The van der Waals surface area contributed by atoms with Gasteiger partial charge in [-0.15, -0.1) is 12.4 Å². The van der Waals surface area contributed by atoms with Crippen molar-refractivity contribution in [2.75, 3.05) is 32.8 Å². The highest BCUT2D eigenvalue weighted by atomic mass is 35.5. The summed E-state index contributed by atoms with van der Waals surface area (Å²) < 4.78 is 12.2. The number of ether oxygens (including phenoxy) is 1. The van der Waals surface area contributed by atoms with Gasteiger partial charge in [0.1, 0.15) is 0 Å². The minimum atomic E-state index is -0.653. The van der Waals surface area contributed by atoms with E-state index in [9.17, 15) is 9.90 Å². The number of benzene rings is 1. The molecule has 24 heavy (non-hydrogen) atoms. The van der Waals surface area contributed by atoms with Crippen molar-refractivity contribution in [3.8, 4) is 11.3 Å². The third-order valence-corrected chi connectivity index (χ3v) is 4.07. The Balaban J connectivity index is 0.00000208. The largest absolute Gasteiger partial charge is 0.390 e. The van der Waals surface area contributed by atoms with E-state index in [1.165, 1.54) is 4.74 Å². The van der Waals surface area contributed by atoms with Crippen LogP contribution in [-0.4, -0.2) is 53.7 Å². The van der Waals surface area contributed by atoms with Gasteiger partial charge in [-0.1, -0.05) is 30.3 Å². The van der Waals surface area contributed by atoms with E-state index < -0.39 is 6.10 Å². The minimum Gasteiger partial charge on any atom is -0.390 e. The van der Waals surface area contributed by atoms with Crippen LogP contribution in [0, 0.1) is 6.92 Å². The number of hydrogen-bond donors (Lipinski definition) is 1. The molecule has 1 aromatic carbocycles. The second kappa shape index (κ2) is 8.48. The standard InChI is InChI=1S/C17H22N2O4.ClH/c1-13-16(14-5-3-2-4-6-14)23-19(17(13)21)12-15(20)11-18-7-9-22-10-8-18;/h2-6,15,20H,7-12H2,1H3;1H. The maximum absolute atomic E-state index is 12.3. The lowest BCUT2D eigenvalue weighted by molar-refractivity contribution is 0.00611. The van der Waals surface area contributed by atoms with Crippen molar-refractivity contribution < 1.29 is 14.4 Å². The highest BCUT2D eigenvalue weighted by molar-refractivity contribution is 5.85. The molecule has 1 N–H and O–H groups in total. The maximum atomic E-state index is 12.3. The summed E-state index contributed by atoms with van der Waals surface area (Å²) in [5.74, 6) is 0.564. The van der Waals surface area contributed by atoms with Crippen molar-refractivity contribution in [2.24, 2.45) is 0 Å². The molecule has 6 nitrogen and oxygen atoms in total. The summed E-state index contributed by atoms with van der Waals surface area (Å²) in [6.45, 7) is 5.39. The van der Waals surface area contributed by atoms with Crippen LogP contribution in [-0.2, 0) is 11.3 Å². The third-order valence-electron chi connectivity index (χ3n) is 4.07. The van der Waals surface area contributed by atoms with Crippen LogP contribution < -0.4 is 5.56 Å². The fourth-order valence-electron chi connectivity index (χ4n) is 2.81. The molecule has 0 spiro atoms. The van der Waals surface area contributed by atoms with Gasteiger partial charge < -0.3 is 14.4 Å². The van der Waals surface area contributed by atoms with Crippen molar-refractivity contribution >= 4 is 12.4 Å². The van der Waals surface area contributed by atoms with Crippen molar-refractivity contribution in [1.29, 1.82) is 0 Å². The Kier molecular flexibility index (Phi) is 6.62. The molecule has 132 valence electrons. The van der Waals surface area contributed by atoms with Gasteiger partial charge >= 0.3 is 0 Å². The highest BCUT2D eigenvalue weighted by Gasteiger charge is 2.19. The topological polar surface area (TPSA) is 67.8 Å². The van der Waals surface area contributed by atoms with E-state index in [-0.39, 0.29) is 24.5 Å². The zero-order valence-corrected chi connectivity index (χ0v) is 14.5. The number of aliphatic hydroxyl groups excluding tert-OH is 1. The van der Waals surface area contributed by atoms with Gasteiger partial charge in [0, 0.05) is 25.2 Å². The van der Waals surface area contributed by atoms with E-state index in [1.54, 1.807) is 6.92 Å². The summed E-state index contributed by atoms with van der Waals surface area (Å²) in [6.07, 6.45) is -0.653. The van der Waals surface area contributed by atoms with E-state index in [0.717, 1.165) is 18.7 Å². The van der Waals surface area contributed by atoms with Gasteiger partial charge in [0.2, 0.25) is 0 Å². The molecule has 3 rings (SSSR count). The molecule has 1 aromatic heterocycles. The Morgan fingerprint density at radius 3 is 2.50 bits per heavy atom. The molecular weight excluding hydrogens is 332 g/mol. The van der Waals surface area contributed by atoms with Crippen LogP contribution in [0.25, 0.3) is 11.3 Å². The Bertz CT molecular complexity index is 692. The van der Waals surface area contributed by atoms with Gasteiger partial charge in [0.25, 0.3) is 5.56 Å². The summed E-state index contributed by atoms with van der Waals surface area (Å²) in [6, 6.07) is 9.53. The van der Waals surface area contributed by atoms with Crippen LogP contribution in [0.15, 0.2) is 39.6 Å². The number of β-amino-alcohol motifs (C(OH)–C–C–N with tert-alkyl or cyclic N) is 1. The first-order valence-electron chi connectivity index (χ1n) is 7.89. The maximum Gasteiger partial charge on any atom is 0.286 e. The van der Waals surface area contributed by atoms with E-state index >= 15 is 0 Å². The van der Waals surface area contributed by atoms with Crippen LogP contribution in [0.2, 0.25) is 0 Å². The number of aliphatic hydroxyl groups is 1. The molecule has 1 aliphatic rings. The molecule has 0 amide bonds. The van der Waals surface area contributed by atoms with Crippen molar-refractivity contribution in [2.45, 2.75) is 19.6 Å². The lowest BCUT2D eigenvalue weighted by Gasteiger charge is -2.28. The normalized spacial score (nSPS) is 16.6. The molecule has 1 aliphatic heterocycles. The highest BCUT2D eigenvalue weighted by Crippen LogP contribution is 2.21. The molecule has 0 saturated carbocycles. The SMILES string of the molecule is Cc1c(-c2ccccc2)on(CC(O)CN2CCOCC2)c1=O.Cl. The van der Waals surface area contributed by atoms with Crippen molar-refractivity contribution in [3.63, 3.8) is 0 Å². The molecule has 1 saturated heterocycles. The Morgan fingerprint density at radius 2 is 1.83 bits per heavy atom. The van der Waals surface area contributed by atoms with Crippen LogP contribution in [0.4, 0.5) is 0 Å². The molecule has 2 heterocycles. The number of nitrogens with zero attached hydrogens (tertiary/aromatic N) is 2. The Morgan fingerprint density at radius 1 is 1.17 bits per heavy atom. The molecule has 0 bridgehead atoms. The summed E-state index contributed by atoms with van der Waals surface area (Å²) in [7, 11) is 0. The van der Waals surface area contributed by atoms with Crippen molar-refractivity contribution in [3.05, 3.63) is 46.2 Å². The van der Waals surface area contributed by atoms with Crippen LogP contribution >= 0.6 is 12.4 Å². The second-order valence-electron chi connectivity index (χ2n) is 5.84. The van der Waals surface area contributed by atoms with E-state index in [4.69, 9.17) is 9.26 Å². The smallest absolute Gasteiger partial charge is 0.286 e. The lowest BCUT2D eigenvalue weighted by Crippen LogP contribution is -2.42. The first-order chi connectivity index (χ1) is 11.1. The summed E-state index contributed by atoms with van der Waals surface area (Å²) in [5, 5.41) is 10.2. The van der Waals surface area contributed by atoms with Crippen LogP contribution in [0.3, 0.4) is 0 Å². The van der Waals surface area contributed by atoms with Gasteiger partial charge in [0.05, 0.1) is 31.4 Å². The number of aromatic nitrogens is 1. The number of morpholine rings is 1. The Labute approximate surface area is 147 Å². The molecule has 0 aliphatic carbocycles. The quantitative estimate of drug-likeness (QED) is 0.882. The number of hydrogen-bond acceptors (Lipinski definition) is 5. The van der Waals surface area contributed by atoms with Gasteiger partial charge in [0.15, 0.2) is 5.76 Å². The first kappa shape index (κ1) is 18.7. The van der Waals surface area contributed by atoms with Crippen molar-refractivity contribution in [1.82, 2.24) is 9.64 Å². The van der Waals surface area contributed by atoms with Crippen LogP contribution in [0.1, 0.15) is 5.56 Å². The fourth-order valence-corrected chi connectivity index (χ4v) is 2.81. The molecule has 1 atom stereocenters. The molecule has 0 radical (unpaired) electrons. The molecule has 2 aromatic rings. The number of rotatable bonds is 5. The lowest BCUT2D eigenvalue weighted by atomic mass is 10.1. The predicted octanol–water partition coefficient (Wildman–Crippen LogP) is 1.53. The third kappa shape index (κ3) is 4.27. The summed E-state index contributed by atoms with van der Waals surface area (Å²) in [5.41, 5.74) is 1.24. The van der Waals surface area contributed by atoms with Gasteiger partial charge in [-0.2, -0.15) is 4.74 Å². The zero-order chi connectivity index (χ0) is 16.2. The minimum absolute atomic E-state index is 0. The van der Waals surface area contributed by atoms with E-state index in [0.29, 0.717) is 31.1 Å². The average molecular weight is 355 g/mol. The van der Waals surface area contributed by atoms with Gasteiger partial charge in [-0.3, -0.25) is 9.69 Å². The van der Waals surface area contributed by atoms with Gasteiger partial charge in [-0.25, -0.2) is 0 Å². The van der Waals surface area contributed by atoms with Crippen LogP contribution in [0.5, 0.6) is 0 Å². The second-order valence-corrected chi connectivity index (χ2v) is 5.84. The Hall–Kier alpha value is -1.60. The molecule has 1 fully saturated rings. The zero-order valence-electron chi connectivity index (χ0n) is 13.7. The average Bonchev–Trinajstić information content (AvgIpc) is 2.85. The summed E-state index contributed by atoms with van der Waals surface area (Å²) >= 11 is 0. The number of halogens is 1. The molecule has 1 unspecified atom stereocenters. The molecular formula is C17H23ClN2O4. The van der Waals surface area contributed by atoms with Gasteiger partial charge in [-0.05, 0) is 6.92 Å². The van der Waals surface area contributed by atoms with E-state index in [1.807, 2.05) is 30.3 Å². The van der Waals surface area contributed by atoms with E-state index in [2.05, 4.69) is 4.90 Å². The monoisotopic (exact) mass is 354 g/mol. The summed E-state index contributed by atoms with van der Waals surface area (Å²) in [4.78, 5) is 14.4. The fraction of sp³-hybridized carbons (Fsp3) is 0.471.